The SMILES string of the molecule is CCN(Cc1nnc2n1CCCC2)CC1CCCNC1. The Labute approximate surface area is 121 Å². The Bertz CT molecular complexity index is 422. The van der Waals surface area contributed by atoms with Gasteiger partial charge >= 0.3 is 0 Å². The summed E-state index contributed by atoms with van der Waals surface area (Å²) >= 11 is 0. The van der Waals surface area contributed by atoms with E-state index >= 15 is 0 Å². The van der Waals surface area contributed by atoms with Crippen molar-refractivity contribution in [3.05, 3.63) is 11.6 Å². The lowest BCUT2D eigenvalue weighted by atomic mass is 9.99. The Morgan fingerprint density at radius 3 is 3.05 bits per heavy atom. The number of piperidine rings is 1. The number of hydrogen-bond donors (Lipinski definition) is 1. The molecule has 1 aromatic rings. The number of rotatable bonds is 5. The Kier molecular flexibility index (Phi) is 4.68. The van der Waals surface area contributed by atoms with Gasteiger partial charge in [0.15, 0.2) is 0 Å². The highest BCUT2D eigenvalue weighted by Gasteiger charge is 2.20. The first kappa shape index (κ1) is 14.0. The summed E-state index contributed by atoms with van der Waals surface area (Å²) in [6, 6.07) is 0. The number of nitrogens with zero attached hydrogens (tertiary/aromatic N) is 4. The molecule has 5 nitrogen and oxygen atoms in total. The zero-order valence-corrected chi connectivity index (χ0v) is 12.6. The quantitative estimate of drug-likeness (QED) is 0.884. The molecule has 0 radical (unpaired) electrons. The van der Waals surface area contributed by atoms with Crippen molar-refractivity contribution < 1.29 is 0 Å². The molecule has 112 valence electrons. The lowest BCUT2D eigenvalue weighted by Crippen LogP contribution is -2.38. The highest BCUT2D eigenvalue weighted by Crippen LogP contribution is 2.17. The van der Waals surface area contributed by atoms with Crippen LogP contribution in [0.1, 0.15) is 44.3 Å². The average molecular weight is 277 g/mol. The van der Waals surface area contributed by atoms with Gasteiger partial charge < -0.3 is 9.88 Å². The molecule has 0 aliphatic carbocycles. The minimum Gasteiger partial charge on any atom is -0.316 e. The Morgan fingerprint density at radius 2 is 2.25 bits per heavy atom. The molecule has 1 atom stereocenters. The summed E-state index contributed by atoms with van der Waals surface area (Å²) in [7, 11) is 0. The first-order chi connectivity index (χ1) is 9.86. The molecule has 1 N–H and O–H groups in total. The summed E-state index contributed by atoms with van der Waals surface area (Å²) < 4.78 is 2.35. The molecule has 3 rings (SSSR count). The summed E-state index contributed by atoms with van der Waals surface area (Å²) in [6.07, 6.45) is 6.33. The van der Waals surface area contributed by atoms with Gasteiger partial charge in [-0.1, -0.05) is 6.92 Å². The van der Waals surface area contributed by atoms with Gasteiger partial charge in [0.2, 0.25) is 0 Å². The second-order valence-corrected chi connectivity index (χ2v) is 6.18. The van der Waals surface area contributed by atoms with E-state index in [1.807, 2.05) is 0 Å². The molecule has 2 aliphatic rings. The van der Waals surface area contributed by atoms with Crippen LogP contribution in [0.4, 0.5) is 0 Å². The molecule has 1 saturated heterocycles. The maximum atomic E-state index is 4.43. The van der Waals surface area contributed by atoms with E-state index in [0.717, 1.165) is 32.0 Å². The molecule has 0 aromatic carbocycles. The van der Waals surface area contributed by atoms with Crippen molar-refractivity contribution in [1.82, 2.24) is 25.0 Å². The van der Waals surface area contributed by atoms with E-state index in [1.54, 1.807) is 0 Å². The fraction of sp³-hybridized carbons (Fsp3) is 0.867. The molecular weight excluding hydrogens is 250 g/mol. The molecule has 0 amide bonds. The second-order valence-electron chi connectivity index (χ2n) is 6.18. The third-order valence-electron chi connectivity index (χ3n) is 4.66. The monoisotopic (exact) mass is 277 g/mol. The Hall–Kier alpha value is -0.940. The van der Waals surface area contributed by atoms with Crippen molar-refractivity contribution >= 4 is 0 Å². The van der Waals surface area contributed by atoms with E-state index in [1.165, 1.54) is 57.0 Å². The van der Waals surface area contributed by atoms with Gasteiger partial charge in [-0.05, 0) is 51.2 Å². The predicted octanol–water partition coefficient (Wildman–Crippen LogP) is 1.44. The van der Waals surface area contributed by atoms with E-state index in [9.17, 15) is 0 Å². The van der Waals surface area contributed by atoms with Crippen molar-refractivity contribution in [3.8, 4) is 0 Å². The molecule has 3 heterocycles. The summed E-state index contributed by atoms with van der Waals surface area (Å²) in [5, 5.41) is 12.3. The Balaban J connectivity index is 1.60. The summed E-state index contributed by atoms with van der Waals surface area (Å²) in [5.41, 5.74) is 0. The zero-order chi connectivity index (χ0) is 13.8. The molecule has 2 aliphatic heterocycles. The number of fused-ring (bicyclic) bond motifs is 1. The van der Waals surface area contributed by atoms with E-state index in [4.69, 9.17) is 0 Å². The van der Waals surface area contributed by atoms with Gasteiger partial charge in [0.25, 0.3) is 0 Å². The van der Waals surface area contributed by atoms with E-state index in [2.05, 4.69) is 31.9 Å². The van der Waals surface area contributed by atoms with Crippen LogP contribution >= 0.6 is 0 Å². The molecule has 1 aromatic heterocycles. The standard InChI is InChI=1S/C15H27N5/c1-2-19(11-13-6-5-8-16-10-13)12-15-18-17-14-7-3-4-9-20(14)15/h13,16H,2-12H2,1H3. The average Bonchev–Trinajstić information content (AvgIpc) is 2.91. The minimum absolute atomic E-state index is 0.799. The molecule has 1 fully saturated rings. The lowest BCUT2D eigenvalue weighted by Gasteiger charge is -2.29. The Morgan fingerprint density at radius 1 is 1.30 bits per heavy atom. The normalized spacial score (nSPS) is 23.0. The largest absolute Gasteiger partial charge is 0.316 e. The van der Waals surface area contributed by atoms with Crippen molar-refractivity contribution in [2.24, 2.45) is 5.92 Å². The van der Waals surface area contributed by atoms with Crippen molar-refractivity contribution in [1.29, 1.82) is 0 Å². The van der Waals surface area contributed by atoms with Gasteiger partial charge in [-0.15, -0.1) is 10.2 Å². The van der Waals surface area contributed by atoms with Gasteiger partial charge in [-0.3, -0.25) is 4.90 Å². The third kappa shape index (κ3) is 3.20. The number of hydrogen-bond acceptors (Lipinski definition) is 4. The van der Waals surface area contributed by atoms with E-state index < -0.39 is 0 Å². The molecule has 20 heavy (non-hydrogen) atoms. The van der Waals surface area contributed by atoms with Crippen LogP contribution in [0.5, 0.6) is 0 Å². The van der Waals surface area contributed by atoms with E-state index in [0.29, 0.717) is 0 Å². The maximum Gasteiger partial charge on any atom is 0.147 e. The number of aryl methyl sites for hydroxylation is 1. The predicted molar refractivity (Wildman–Crippen MR) is 79.5 cm³/mol. The summed E-state index contributed by atoms with van der Waals surface area (Å²) in [6.45, 7) is 8.98. The van der Waals surface area contributed by atoms with Gasteiger partial charge in [-0.25, -0.2) is 0 Å². The highest BCUT2D eigenvalue weighted by molar-refractivity contribution is 4.99. The van der Waals surface area contributed by atoms with Gasteiger partial charge in [-0.2, -0.15) is 0 Å². The molecule has 0 bridgehead atoms. The molecule has 1 unspecified atom stereocenters. The lowest BCUT2D eigenvalue weighted by molar-refractivity contribution is 0.203. The van der Waals surface area contributed by atoms with Crippen LogP contribution in [0.15, 0.2) is 0 Å². The topological polar surface area (TPSA) is 46.0 Å². The van der Waals surface area contributed by atoms with Gasteiger partial charge in [0.05, 0.1) is 6.54 Å². The van der Waals surface area contributed by atoms with Gasteiger partial charge in [0.1, 0.15) is 11.6 Å². The van der Waals surface area contributed by atoms with Crippen LogP contribution in [0.2, 0.25) is 0 Å². The third-order valence-corrected chi connectivity index (χ3v) is 4.66. The smallest absolute Gasteiger partial charge is 0.147 e. The van der Waals surface area contributed by atoms with Crippen molar-refractivity contribution in [2.75, 3.05) is 26.2 Å². The first-order valence-electron chi connectivity index (χ1n) is 8.21. The van der Waals surface area contributed by atoms with Crippen LogP contribution in [0.25, 0.3) is 0 Å². The second kappa shape index (κ2) is 6.68. The fourth-order valence-electron chi connectivity index (χ4n) is 3.44. The van der Waals surface area contributed by atoms with Crippen LogP contribution < -0.4 is 5.32 Å². The van der Waals surface area contributed by atoms with Crippen LogP contribution in [0.3, 0.4) is 0 Å². The summed E-state index contributed by atoms with van der Waals surface area (Å²) in [5.74, 6) is 3.17. The molecule has 0 spiro atoms. The fourth-order valence-corrected chi connectivity index (χ4v) is 3.44. The molecule has 0 saturated carbocycles. The number of aromatic nitrogens is 3. The highest BCUT2D eigenvalue weighted by atomic mass is 15.3. The van der Waals surface area contributed by atoms with Crippen LogP contribution in [-0.2, 0) is 19.5 Å². The number of nitrogens with one attached hydrogen (secondary N) is 1. The first-order valence-corrected chi connectivity index (χ1v) is 8.21. The molecule has 5 heteroatoms. The summed E-state index contributed by atoms with van der Waals surface area (Å²) in [4.78, 5) is 2.53. The maximum absolute atomic E-state index is 4.43. The zero-order valence-electron chi connectivity index (χ0n) is 12.6. The van der Waals surface area contributed by atoms with Crippen LogP contribution in [0, 0.1) is 5.92 Å². The van der Waals surface area contributed by atoms with E-state index in [-0.39, 0.29) is 0 Å². The minimum atomic E-state index is 0.799. The van der Waals surface area contributed by atoms with Crippen molar-refractivity contribution in [2.45, 2.75) is 52.1 Å². The van der Waals surface area contributed by atoms with Crippen molar-refractivity contribution in [3.63, 3.8) is 0 Å². The van der Waals surface area contributed by atoms with Gasteiger partial charge in [0, 0.05) is 19.5 Å². The van der Waals surface area contributed by atoms with Crippen LogP contribution in [-0.4, -0.2) is 45.8 Å². The molecular formula is C15H27N5.